The maximum atomic E-state index is 14.2. The van der Waals surface area contributed by atoms with Crippen molar-refractivity contribution in [2.75, 3.05) is 6.54 Å². The number of carboxylic acids is 1. The lowest BCUT2D eigenvalue weighted by Crippen LogP contribution is -2.55. The number of benzene rings is 3. The summed E-state index contributed by atoms with van der Waals surface area (Å²) in [4.78, 5) is 43.9. The van der Waals surface area contributed by atoms with E-state index in [1.807, 2.05) is 54.6 Å². The lowest BCUT2D eigenvalue weighted by Gasteiger charge is -2.32. The van der Waals surface area contributed by atoms with E-state index in [4.69, 9.17) is 22.6 Å². The number of nitrogens with zero attached hydrogens (tertiary/aromatic N) is 1. The largest absolute Gasteiger partial charge is 0.480 e. The highest BCUT2D eigenvalue weighted by atomic mass is 16.4. The summed E-state index contributed by atoms with van der Waals surface area (Å²) in [5, 5.41) is 25.3. The first-order valence-corrected chi connectivity index (χ1v) is 15.4. The third kappa shape index (κ3) is 9.28. The number of amides is 2. The first-order chi connectivity index (χ1) is 21.6. The number of carboxylic acid groups (broad SMARTS) is 1. The Hall–Kier alpha value is -4.93. The second-order valence-corrected chi connectivity index (χ2v) is 11.7. The van der Waals surface area contributed by atoms with Crippen molar-refractivity contribution >= 4 is 40.4 Å². The van der Waals surface area contributed by atoms with Gasteiger partial charge in [0.05, 0.1) is 5.92 Å². The highest BCUT2D eigenvalue weighted by Gasteiger charge is 2.35. The Balaban J connectivity index is 1.61. The predicted molar refractivity (Wildman–Crippen MR) is 176 cm³/mol. The van der Waals surface area contributed by atoms with Gasteiger partial charge in [-0.15, -0.1) is 0 Å². The highest BCUT2D eigenvalue weighted by molar-refractivity contribution is 5.95. The Labute approximate surface area is 263 Å². The fourth-order valence-corrected chi connectivity index (χ4v) is 5.98. The quantitative estimate of drug-likeness (QED) is 0.0819. The number of carbonyl (C=O) groups is 3. The minimum atomic E-state index is -1.16. The molecule has 11 heteroatoms. The predicted octanol–water partition coefficient (Wildman–Crippen LogP) is 3.14. The molecule has 3 aromatic carbocycles. The Morgan fingerprint density at radius 3 is 2.22 bits per heavy atom. The monoisotopic (exact) mass is 613 g/mol. The number of amidine groups is 1. The molecule has 11 nitrogen and oxygen atoms in total. The molecule has 3 atom stereocenters. The van der Waals surface area contributed by atoms with Crippen LogP contribution in [0.25, 0.3) is 10.8 Å². The van der Waals surface area contributed by atoms with Gasteiger partial charge in [-0.3, -0.25) is 20.0 Å². The van der Waals surface area contributed by atoms with E-state index in [2.05, 4.69) is 15.6 Å². The number of aliphatic carboxylic acids is 1. The van der Waals surface area contributed by atoms with E-state index >= 15 is 0 Å². The Morgan fingerprint density at radius 1 is 0.889 bits per heavy atom. The molecule has 45 heavy (non-hydrogen) atoms. The van der Waals surface area contributed by atoms with Crippen molar-refractivity contribution in [3.8, 4) is 0 Å². The van der Waals surface area contributed by atoms with Crippen LogP contribution in [0.5, 0.6) is 0 Å². The molecule has 0 aromatic heterocycles. The molecule has 0 radical (unpaired) electrons. The zero-order valence-corrected chi connectivity index (χ0v) is 25.4. The Morgan fingerprint density at radius 2 is 1.58 bits per heavy atom. The van der Waals surface area contributed by atoms with Crippen LogP contribution in [0.4, 0.5) is 0 Å². The number of carbonyl (C=O) groups excluding carboxylic acids is 2. The van der Waals surface area contributed by atoms with Crippen molar-refractivity contribution in [3.05, 3.63) is 83.4 Å². The summed E-state index contributed by atoms with van der Waals surface area (Å²) in [6.45, 7) is 0.242. The minimum Gasteiger partial charge on any atom is -0.480 e. The van der Waals surface area contributed by atoms with Crippen LogP contribution < -0.4 is 27.8 Å². The van der Waals surface area contributed by atoms with Crippen molar-refractivity contribution in [1.29, 1.82) is 5.41 Å². The number of nitrogen functional groups attached to an aromatic ring is 1. The highest BCUT2D eigenvalue weighted by Crippen LogP contribution is 2.29. The van der Waals surface area contributed by atoms with Gasteiger partial charge in [-0.1, -0.05) is 86.0 Å². The standard InChI is InChI=1S/C34H43N7O4/c35-30(36)24-14-12-21(13-15-24)19-27(26-17-16-22-7-4-5-10-25(22)20-26)31(42)41-29(23-8-2-1-3-9-23)32(43)40-28(33(44)45)11-6-18-39-34(37)38/h4-5,7,10,12-17,20,23,27-29H,1-3,6,8-9,11,18-19H2,(H3,35,36)(H,40,43)(H,41,42)(H,44,45)(H4,37,38,39)/t27-,28+,29+/m1/s1. The van der Waals surface area contributed by atoms with Gasteiger partial charge in [-0.2, -0.15) is 0 Å². The molecule has 0 bridgehead atoms. The van der Waals surface area contributed by atoms with Crippen LogP contribution >= 0.6 is 0 Å². The minimum absolute atomic E-state index is 0.0392. The third-order valence-corrected chi connectivity index (χ3v) is 8.46. The zero-order valence-electron chi connectivity index (χ0n) is 25.4. The van der Waals surface area contributed by atoms with Crippen molar-refractivity contribution in [2.24, 2.45) is 28.1 Å². The van der Waals surface area contributed by atoms with Crippen molar-refractivity contribution < 1.29 is 19.5 Å². The molecule has 1 aliphatic carbocycles. The molecule has 238 valence electrons. The van der Waals surface area contributed by atoms with E-state index in [1.54, 1.807) is 12.1 Å². The molecule has 3 aromatic rings. The van der Waals surface area contributed by atoms with Crippen molar-refractivity contribution in [1.82, 2.24) is 10.6 Å². The van der Waals surface area contributed by atoms with E-state index in [-0.39, 0.29) is 36.6 Å². The average molecular weight is 614 g/mol. The molecule has 1 aliphatic rings. The summed E-state index contributed by atoms with van der Waals surface area (Å²) >= 11 is 0. The number of guanidine groups is 1. The third-order valence-electron chi connectivity index (χ3n) is 8.46. The van der Waals surface area contributed by atoms with Gasteiger partial charge in [-0.25, -0.2) is 4.79 Å². The first kappa shape index (κ1) is 33.0. The summed E-state index contributed by atoms with van der Waals surface area (Å²) < 4.78 is 0. The number of nitrogens with one attached hydrogen (secondary N) is 3. The fourth-order valence-electron chi connectivity index (χ4n) is 5.98. The normalized spacial score (nSPS) is 15.4. The molecule has 0 aliphatic heterocycles. The number of hydrogen-bond donors (Lipinski definition) is 7. The van der Waals surface area contributed by atoms with Crippen LogP contribution in [0.3, 0.4) is 0 Å². The van der Waals surface area contributed by atoms with Gasteiger partial charge in [0.15, 0.2) is 5.96 Å². The van der Waals surface area contributed by atoms with Gasteiger partial charge >= 0.3 is 5.97 Å². The van der Waals surface area contributed by atoms with Crippen molar-refractivity contribution in [3.63, 3.8) is 0 Å². The molecular formula is C34H43N7O4. The molecule has 1 fully saturated rings. The van der Waals surface area contributed by atoms with Gasteiger partial charge in [0.1, 0.15) is 17.9 Å². The average Bonchev–Trinajstić information content (AvgIpc) is 3.03. The molecular weight excluding hydrogens is 570 g/mol. The van der Waals surface area contributed by atoms with Crippen LogP contribution in [-0.2, 0) is 20.8 Å². The molecule has 0 saturated heterocycles. The molecule has 2 amide bonds. The molecule has 0 unspecified atom stereocenters. The summed E-state index contributed by atoms with van der Waals surface area (Å²) in [6.07, 6.45) is 5.29. The second-order valence-electron chi connectivity index (χ2n) is 11.7. The maximum absolute atomic E-state index is 14.2. The van der Waals surface area contributed by atoms with E-state index < -0.39 is 29.9 Å². The van der Waals surface area contributed by atoms with E-state index in [0.717, 1.165) is 54.0 Å². The number of hydrogen-bond acceptors (Lipinski definition) is 5. The van der Waals surface area contributed by atoms with Crippen LogP contribution in [0, 0.1) is 11.3 Å². The second kappa shape index (κ2) is 15.7. The SMILES string of the molecule is N=C(N)c1ccc(C[C@@H](C(=O)N[C@H](C(=O)N[C@@H](CCCN=C(N)N)C(=O)O)C2CCCCC2)c2ccc3ccccc3c2)cc1. The van der Waals surface area contributed by atoms with Gasteiger partial charge in [0, 0.05) is 12.1 Å². The van der Waals surface area contributed by atoms with Crippen LogP contribution in [0.2, 0.25) is 0 Å². The van der Waals surface area contributed by atoms with Crippen molar-refractivity contribution in [2.45, 2.75) is 69.4 Å². The van der Waals surface area contributed by atoms with Gasteiger partial charge in [-0.05, 0) is 59.9 Å². The lowest BCUT2D eigenvalue weighted by atomic mass is 9.82. The summed E-state index contributed by atoms with van der Waals surface area (Å²) in [5.41, 5.74) is 18.6. The van der Waals surface area contributed by atoms with Gasteiger partial charge in [0.2, 0.25) is 11.8 Å². The van der Waals surface area contributed by atoms with Gasteiger partial charge in [0.25, 0.3) is 0 Å². The molecule has 4 rings (SSSR count). The molecule has 10 N–H and O–H groups in total. The van der Waals surface area contributed by atoms with Crippen LogP contribution in [0.1, 0.15) is 67.6 Å². The number of nitrogens with two attached hydrogens (primary N) is 3. The first-order valence-electron chi connectivity index (χ1n) is 15.4. The van der Waals surface area contributed by atoms with Crippen LogP contribution in [0.15, 0.2) is 71.7 Å². The van der Waals surface area contributed by atoms with E-state index in [1.165, 1.54) is 0 Å². The molecule has 0 spiro atoms. The molecule has 0 heterocycles. The smallest absolute Gasteiger partial charge is 0.326 e. The summed E-state index contributed by atoms with van der Waals surface area (Å²) in [7, 11) is 0. The number of fused-ring (bicyclic) bond motifs is 1. The zero-order chi connectivity index (χ0) is 32.3. The molecule has 1 saturated carbocycles. The fraction of sp³-hybridized carbons (Fsp3) is 0.382. The Bertz CT molecular complexity index is 1530. The lowest BCUT2D eigenvalue weighted by molar-refractivity contribution is -0.142. The summed E-state index contributed by atoms with van der Waals surface area (Å²) in [6, 6.07) is 19.0. The van der Waals surface area contributed by atoms with E-state index in [0.29, 0.717) is 18.4 Å². The van der Waals surface area contributed by atoms with E-state index in [9.17, 15) is 19.5 Å². The maximum Gasteiger partial charge on any atom is 0.326 e. The topological polar surface area (TPSA) is 210 Å². The summed E-state index contributed by atoms with van der Waals surface area (Å²) in [5.74, 6) is -2.86. The Kier molecular flexibility index (Phi) is 11.5. The van der Waals surface area contributed by atoms with Gasteiger partial charge < -0.3 is 32.9 Å². The number of rotatable bonds is 14. The number of aliphatic imine (C=N–C) groups is 1. The van der Waals surface area contributed by atoms with Crippen LogP contribution in [-0.4, -0.2) is 53.3 Å².